The van der Waals surface area contributed by atoms with Crippen molar-refractivity contribution < 1.29 is 18.3 Å². The van der Waals surface area contributed by atoms with Crippen LogP contribution in [0.4, 0.5) is 8.78 Å². The second-order valence-electron chi connectivity index (χ2n) is 5.48. The van der Waals surface area contributed by atoms with Crippen LogP contribution in [0.5, 0.6) is 0 Å². The highest BCUT2D eigenvalue weighted by molar-refractivity contribution is 5.82. The smallest absolute Gasteiger partial charge is 0.338 e. The van der Waals surface area contributed by atoms with Crippen molar-refractivity contribution >= 4 is 16.7 Å². The summed E-state index contributed by atoms with van der Waals surface area (Å²) in [6.45, 7) is -2.45. The Morgan fingerprint density at radius 1 is 1.30 bits per heavy atom. The van der Waals surface area contributed by atoms with E-state index in [4.69, 9.17) is 0 Å². The molecule has 1 amide bonds. The van der Waals surface area contributed by atoms with E-state index in [2.05, 4.69) is 4.74 Å². The highest BCUT2D eigenvalue weighted by Crippen LogP contribution is 2.16. The Kier molecular flexibility index (Phi) is 4.38. The molecule has 122 valence electrons. The van der Waals surface area contributed by atoms with E-state index in [1.54, 1.807) is 24.4 Å². The second kappa shape index (κ2) is 6.45. The van der Waals surface area contributed by atoms with Gasteiger partial charge in [0.15, 0.2) is 0 Å². The summed E-state index contributed by atoms with van der Waals surface area (Å²) in [5, 5.41) is 1.36. The molecule has 2 heterocycles. The molecule has 0 aliphatic carbocycles. The van der Waals surface area contributed by atoms with Gasteiger partial charge in [-0.15, -0.1) is 0 Å². The van der Waals surface area contributed by atoms with Crippen molar-refractivity contribution in [2.75, 3.05) is 13.1 Å². The first-order valence-corrected chi connectivity index (χ1v) is 7.34. The van der Waals surface area contributed by atoms with Gasteiger partial charge in [-0.05, 0) is 23.9 Å². The van der Waals surface area contributed by atoms with Gasteiger partial charge in [-0.2, -0.15) is 8.78 Å². The third kappa shape index (κ3) is 3.39. The van der Waals surface area contributed by atoms with Crippen molar-refractivity contribution in [3.05, 3.63) is 46.9 Å². The molecule has 7 heteroatoms. The first-order valence-electron chi connectivity index (χ1n) is 7.34. The Labute approximate surface area is 131 Å². The maximum absolute atomic E-state index is 12.4. The molecule has 23 heavy (non-hydrogen) atoms. The average molecular weight is 322 g/mol. The molecule has 1 atom stereocenters. The van der Waals surface area contributed by atoms with Crippen molar-refractivity contribution in [3.8, 4) is 0 Å². The fraction of sp³-hybridized carbons (Fsp3) is 0.375. The number of amides is 1. The quantitative estimate of drug-likeness (QED) is 0.863. The van der Waals surface area contributed by atoms with Crippen LogP contribution in [0.1, 0.15) is 6.42 Å². The van der Waals surface area contributed by atoms with Gasteiger partial charge in [-0.25, -0.2) is 0 Å². The first kappa shape index (κ1) is 15.6. The number of halogens is 2. The van der Waals surface area contributed by atoms with Gasteiger partial charge in [0.25, 0.3) is 5.56 Å². The van der Waals surface area contributed by atoms with E-state index in [-0.39, 0.29) is 24.6 Å². The summed E-state index contributed by atoms with van der Waals surface area (Å²) in [7, 11) is 0. The van der Waals surface area contributed by atoms with Crippen molar-refractivity contribution in [3.63, 3.8) is 0 Å². The Hall–Kier alpha value is -2.28. The molecule has 3 rings (SSSR count). The van der Waals surface area contributed by atoms with Crippen LogP contribution in [0.2, 0.25) is 0 Å². The van der Waals surface area contributed by atoms with E-state index in [1.165, 1.54) is 9.47 Å². The van der Waals surface area contributed by atoms with Crippen LogP contribution in [0, 0.1) is 0 Å². The summed E-state index contributed by atoms with van der Waals surface area (Å²) in [5.74, 6) is -0.275. The molecule has 0 spiro atoms. The summed E-state index contributed by atoms with van der Waals surface area (Å²) in [5.41, 5.74) is -0.240. The monoisotopic (exact) mass is 322 g/mol. The van der Waals surface area contributed by atoms with E-state index >= 15 is 0 Å². The maximum Gasteiger partial charge on any atom is 0.345 e. The minimum Gasteiger partial charge on any atom is -0.338 e. The lowest BCUT2D eigenvalue weighted by Crippen LogP contribution is -2.35. The molecule has 1 aromatic heterocycles. The van der Waals surface area contributed by atoms with Crippen LogP contribution in [-0.2, 0) is 16.1 Å². The number of benzene rings is 1. The normalized spacial score (nSPS) is 18.0. The first-order chi connectivity index (χ1) is 11.0. The van der Waals surface area contributed by atoms with Gasteiger partial charge >= 0.3 is 6.61 Å². The second-order valence-corrected chi connectivity index (χ2v) is 5.48. The predicted octanol–water partition coefficient (Wildman–Crippen LogP) is 1.84. The fourth-order valence-electron chi connectivity index (χ4n) is 2.81. The van der Waals surface area contributed by atoms with Crippen molar-refractivity contribution in [2.24, 2.45) is 0 Å². The zero-order chi connectivity index (χ0) is 16.4. The van der Waals surface area contributed by atoms with Gasteiger partial charge in [0.05, 0.1) is 6.10 Å². The number of ether oxygens (including phenoxy) is 1. The van der Waals surface area contributed by atoms with Crippen LogP contribution in [0.25, 0.3) is 10.8 Å². The average Bonchev–Trinajstić information content (AvgIpc) is 2.98. The molecule has 2 aromatic rings. The molecule has 1 aliphatic heterocycles. The van der Waals surface area contributed by atoms with Crippen LogP contribution < -0.4 is 5.56 Å². The van der Waals surface area contributed by atoms with Gasteiger partial charge in [0.1, 0.15) is 6.54 Å². The molecule has 1 aromatic carbocycles. The van der Waals surface area contributed by atoms with Crippen molar-refractivity contribution in [1.29, 1.82) is 0 Å². The number of pyridine rings is 1. The summed E-state index contributed by atoms with van der Waals surface area (Å²) in [6, 6.07) is 8.92. The molecule has 0 bridgehead atoms. The van der Waals surface area contributed by atoms with Gasteiger partial charge in [0.2, 0.25) is 5.91 Å². The third-order valence-electron chi connectivity index (χ3n) is 3.98. The lowest BCUT2D eigenvalue weighted by atomic mass is 10.2. The molecule has 0 N–H and O–H groups in total. The number of carbonyl (C=O) groups excluding carboxylic acids is 1. The van der Waals surface area contributed by atoms with E-state index in [0.717, 1.165) is 5.39 Å². The topological polar surface area (TPSA) is 51.5 Å². The van der Waals surface area contributed by atoms with E-state index in [1.807, 2.05) is 12.1 Å². The van der Waals surface area contributed by atoms with Crippen LogP contribution >= 0.6 is 0 Å². The van der Waals surface area contributed by atoms with Gasteiger partial charge in [-0.3, -0.25) is 9.59 Å². The minimum atomic E-state index is -2.84. The number of aromatic nitrogens is 1. The Balaban J connectivity index is 1.71. The number of hydrogen-bond acceptors (Lipinski definition) is 3. The molecular formula is C16H16F2N2O3. The summed E-state index contributed by atoms with van der Waals surface area (Å²) < 4.78 is 30.2. The molecule has 1 aliphatic rings. The summed E-state index contributed by atoms with van der Waals surface area (Å²) >= 11 is 0. The van der Waals surface area contributed by atoms with Crippen molar-refractivity contribution in [1.82, 2.24) is 9.47 Å². The van der Waals surface area contributed by atoms with Crippen molar-refractivity contribution in [2.45, 2.75) is 25.7 Å². The standard InChI is InChI=1S/C16H16F2N2O3/c17-16(18)23-12-6-8-19(9-12)14(21)10-20-7-5-11-3-1-2-4-13(11)15(20)22/h1-5,7,12,16H,6,8-10H2/t12-/m0/s1. The number of rotatable bonds is 4. The number of carbonyl (C=O) groups is 1. The summed E-state index contributed by atoms with van der Waals surface area (Å²) in [4.78, 5) is 26.1. The summed E-state index contributed by atoms with van der Waals surface area (Å²) in [6.07, 6.45) is 1.31. The predicted molar refractivity (Wildman–Crippen MR) is 80.3 cm³/mol. The maximum atomic E-state index is 12.4. The molecule has 0 radical (unpaired) electrons. The van der Waals surface area contributed by atoms with Gasteiger partial charge in [0, 0.05) is 24.7 Å². The fourth-order valence-corrected chi connectivity index (χ4v) is 2.81. The van der Waals surface area contributed by atoms with E-state index in [9.17, 15) is 18.4 Å². The zero-order valence-corrected chi connectivity index (χ0v) is 12.3. The van der Waals surface area contributed by atoms with E-state index in [0.29, 0.717) is 18.4 Å². The highest BCUT2D eigenvalue weighted by atomic mass is 19.3. The largest absolute Gasteiger partial charge is 0.345 e. The number of fused-ring (bicyclic) bond motifs is 1. The minimum absolute atomic E-state index is 0.106. The number of nitrogens with zero attached hydrogens (tertiary/aromatic N) is 2. The number of likely N-dealkylation sites (tertiary alicyclic amines) is 1. The zero-order valence-electron chi connectivity index (χ0n) is 12.3. The van der Waals surface area contributed by atoms with Gasteiger partial charge in [-0.1, -0.05) is 18.2 Å². The number of alkyl halides is 2. The molecule has 5 nitrogen and oxygen atoms in total. The Morgan fingerprint density at radius 3 is 2.87 bits per heavy atom. The third-order valence-corrected chi connectivity index (χ3v) is 3.98. The SMILES string of the molecule is O=C(Cn1ccc2ccccc2c1=O)N1CC[C@H](OC(F)F)C1. The Morgan fingerprint density at radius 2 is 2.09 bits per heavy atom. The Bertz CT molecular complexity index is 775. The molecule has 0 saturated carbocycles. The van der Waals surface area contributed by atoms with Crippen LogP contribution in [0.3, 0.4) is 0 Å². The molecule has 1 fully saturated rings. The molecular weight excluding hydrogens is 306 g/mol. The number of hydrogen-bond donors (Lipinski definition) is 0. The lowest BCUT2D eigenvalue weighted by Gasteiger charge is -2.17. The lowest BCUT2D eigenvalue weighted by molar-refractivity contribution is -0.160. The van der Waals surface area contributed by atoms with E-state index < -0.39 is 12.7 Å². The molecule has 1 saturated heterocycles. The van der Waals surface area contributed by atoms with Crippen LogP contribution in [-0.4, -0.2) is 41.2 Å². The van der Waals surface area contributed by atoms with Crippen LogP contribution in [0.15, 0.2) is 41.3 Å². The highest BCUT2D eigenvalue weighted by Gasteiger charge is 2.28. The van der Waals surface area contributed by atoms with Gasteiger partial charge < -0.3 is 14.2 Å². The molecule has 0 unspecified atom stereocenters.